The average Bonchev–Trinajstić information content (AvgIpc) is 2.22. The average molecular weight is 217 g/mol. The van der Waals surface area contributed by atoms with Crippen molar-refractivity contribution in [3.63, 3.8) is 0 Å². The fourth-order valence-corrected chi connectivity index (χ4v) is 1.95. The highest BCUT2D eigenvalue weighted by Crippen LogP contribution is 2.18. The molecule has 0 aliphatic heterocycles. The first-order valence-corrected chi connectivity index (χ1v) is 5.42. The zero-order valence-corrected chi connectivity index (χ0v) is 10.2. The van der Waals surface area contributed by atoms with E-state index < -0.39 is 0 Å². The van der Waals surface area contributed by atoms with Crippen molar-refractivity contribution >= 4 is 5.52 Å². The maximum atomic E-state index is 12.1. The fourth-order valence-electron chi connectivity index (χ4n) is 1.95. The van der Waals surface area contributed by atoms with Crippen LogP contribution in [0.25, 0.3) is 5.52 Å². The van der Waals surface area contributed by atoms with Crippen LogP contribution in [0.1, 0.15) is 26.5 Å². The van der Waals surface area contributed by atoms with Gasteiger partial charge in [0.1, 0.15) is 0 Å². The highest BCUT2D eigenvalue weighted by molar-refractivity contribution is 5.36. The van der Waals surface area contributed by atoms with E-state index in [0.717, 1.165) is 5.69 Å². The van der Waals surface area contributed by atoms with Crippen molar-refractivity contribution in [1.29, 1.82) is 0 Å². The molecular weight excluding hydrogens is 200 g/mol. The van der Waals surface area contributed by atoms with Crippen LogP contribution in [0.3, 0.4) is 0 Å². The molecule has 0 aliphatic rings. The quantitative estimate of drug-likeness (QED) is 0.613. The third kappa shape index (κ3) is 1.62. The monoisotopic (exact) mass is 217 g/mol. The Morgan fingerprint density at radius 2 is 1.94 bits per heavy atom. The Morgan fingerprint density at radius 3 is 2.56 bits per heavy atom. The second-order valence-corrected chi connectivity index (χ2v) is 5.12. The molecule has 0 bridgehead atoms. The van der Waals surface area contributed by atoms with Gasteiger partial charge in [-0.1, -0.05) is 20.8 Å². The van der Waals surface area contributed by atoms with Gasteiger partial charge in [0.05, 0.1) is 5.69 Å². The van der Waals surface area contributed by atoms with E-state index in [1.54, 1.807) is 4.57 Å². The molecule has 0 unspecified atom stereocenters. The Kier molecular flexibility index (Phi) is 2.34. The minimum Gasteiger partial charge on any atom is -0.304 e. The molecule has 0 saturated heterocycles. The van der Waals surface area contributed by atoms with Crippen LogP contribution >= 0.6 is 0 Å². The second kappa shape index (κ2) is 3.44. The lowest BCUT2D eigenvalue weighted by Crippen LogP contribution is -2.38. The van der Waals surface area contributed by atoms with E-state index in [0.29, 0.717) is 5.52 Å². The standard InChI is InChI=1S/C13H17N2O/c1-13(2,3)11-9-15-8-6-5-7-10(15)12(16)14(11)4/h5-9H,1-4H3/q+1. The van der Waals surface area contributed by atoms with Crippen molar-refractivity contribution in [2.45, 2.75) is 26.2 Å². The summed E-state index contributed by atoms with van der Waals surface area (Å²) in [5, 5.41) is 0. The van der Waals surface area contributed by atoms with E-state index >= 15 is 0 Å². The van der Waals surface area contributed by atoms with Crippen LogP contribution in [0.2, 0.25) is 0 Å². The number of pyridine rings is 1. The maximum absolute atomic E-state index is 12.1. The van der Waals surface area contributed by atoms with Gasteiger partial charge < -0.3 is 4.57 Å². The minimum absolute atomic E-state index is 0.0368. The third-order valence-corrected chi connectivity index (χ3v) is 2.80. The van der Waals surface area contributed by atoms with Gasteiger partial charge in [0.25, 0.3) is 5.52 Å². The van der Waals surface area contributed by atoms with Gasteiger partial charge in [0, 0.05) is 24.6 Å². The van der Waals surface area contributed by atoms with E-state index in [1.807, 2.05) is 42.0 Å². The summed E-state index contributed by atoms with van der Waals surface area (Å²) >= 11 is 0. The van der Waals surface area contributed by atoms with Crippen molar-refractivity contribution < 1.29 is 4.40 Å². The van der Waals surface area contributed by atoms with Crippen LogP contribution in [0.15, 0.2) is 35.4 Å². The summed E-state index contributed by atoms with van der Waals surface area (Å²) < 4.78 is 3.62. The number of rotatable bonds is 0. The van der Waals surface area contributed by atoms with Gasteiger partial charge in [-0.05, 0) is 6.07 Å². The number of fused-ring (bicyclic) bond motifs is 1. The Bertz CT molecular complexity index is 591. The molecule has 0 radical (unpaired) electrons. The summed E-state index contributed by atoms with van der Waals surface area (Å²) in [6.45, 7) is 6.32. The number of hydrogen-bond acceptors (Lipinski definition) is 1. The highest BCUT2D eigenvalue weighted by Gasteiger charge is 2.22. The zero-order chi connectivity index (χ0) is 11.9. The van der Waals surface area contributed by atoms with E-state index in [9.17, 15) is 4.79 Å². The predicted molar refractivity (Wildman–Crippen MR) is 63.5 cm³/mol. The summed E-state index contributed by atoms with van der Waals surface area (Å²) in [4.78, 5) is 12.1. The van der Waals surface area contributed by atoms with Crippen LogP contribution < -0.4 is 9.96 Å². The molecule has 0 N–H and O–H groups in total. The smallest absolute Gasteiger partial charge is 0.304 e. The summed E-state index contributed by atoms with van der Waals surface area (Å²) in [6, 6.07) is 5.65. The first-order chi connectivity index (χ1) is 7.41. The normalized spacial score (nSPS) is 12.0. The predicted octanol–water partition coefficient (Wildman–Crippen LogP) is 1.42. The van der Waals surface area contributed by atoms with Gasteiger partial charge in [-0.25, -0.2) is 0 Å². The van der Waals surface area contributed by atoms with Gasteiger partial charge >= 0.3 is 5.56 Å². The summed E-state index contributed by atoms with van der Waals surface area (Å²) in [7, 11) is 1.83. The van der Waals surface area contributed by atoms with Gasteiger partial charge in [-0.3, -0.25) is 4.79 Å². The molecule has 2 aromatic heterocycles. The maximum Gasteiger partial charge on any atom is 0.323 e. The second-order valence-electron chi connectivity index (χ2n) is 5.12. The van der Waals surface area contributed by atoms with Crippen molar-refractivity contribution in [1.82, 2.24) is 4.57 Å². The Morgan fingerprint density at radius 1 is 1.25 bits per heavy atom. The zero-order valence-electron chi connectivity index (χ0n) is 10.2. The molecule has 3 heteroatoms. The van der Waals surface area contributed by atoms with E-state index in [1.165, 1.54) is 0 Å². The SMILES string of the molecule is Cn1c(C(C)(C)C)c[n+]2ccccc2c1=O. The summed E-state index contributed by atoms with van der Waals surface area (Å²) in [5.74, 6) is 0. The van der Waals surface area contributed by atoms with Gasteiger partial charge in [-0.2, -0.15) is 4.40 Å². The first-order valence-electron chi connectivity index (χ1n) is 5.42. The van der Waals surface area contributed by atoms with E-state index in [-0.39, 0.29) is 11.0 Å². The van der Waals surface area contributed by atoms with E-state index in [4.69, 9.17) is 0 Å². The van der Waals surface area contributed by atoms with Gasteiger partial charge in [0.2, 0.25) is 0 Å². The number of nitrogens with zero attached hydrogens (tertiary/aromatic N) is 2. The lowest BCUT2D eigenvalue weighted by atomic mass is 9.92. The lowest BCUT2D eigenvalue weighted by Gasteiger charge is -2.19. The topological polar surface area (TPSA) is 26.1 Å². The minimum atomic E-state index is -0.0368. The molecular formula is C13H17N2O+. The van der Waals surface area contributed by atoms with Crippen molar-refractivity contribution in [2.24, 2.45) is 7.05 Å². The molecule has 0 saturated carbocycles. The molecule has 0 aromatic carbocycles. The number of aromatic nitrogens is 2. The van der Waals surface area contributed by atoms with Crippen molar-refractivity contribution in [2.75, 3.05) is 0 Å². The summed E-state index contributed by atoms with van der Waals surface area (Å²) in [5.41, 5.74) is 1.75. The Balaban J connectivity index is 2.90. The van der Waals surface area contributed by atoms with Crippen LogP contribution in [-0.4, -0.2) is 4.57 Å². The molecule has 0 fully saturated rings. The molecule has 0 aliphatic carbocycles. The molecule has 16 heavy (non-hydrogen) atoms. The van der Waals surface area contributed by atoms with Gasteiger partial charge in [0.15, 0.2) is 12.4 Å². The molecule has 0 atom stereocenters. The van der Waals surface area contributed by atoms with E-state index in [2.05, 4.69) is 20.8 Å². The molecule has 0 amide bonds. The molecule has 2 aromatic rings. The fraction of sp³-hybridized carbons (Fsp3) is 0.385. The number of hydrogen-bond donors (Lipinski definition) is 0. The van der Waals surface area contributed by atoms with Crippen LogP contribution in [0.4, 0.5) is 0 Å². The van der Waals surface area contributed by atoms with Crippen LogP contribution in [0.5, 0.6) is 0 Å². The highest BCUT2D eigenvalue weighted by atomic mass is 16.1. The Labute approximate surface area is 95.0 Å². The Hall–Kier alpha value is -1.64. The molecule has 2 heterocycles. The van der Waals surface area contributed by atoms with Crippen LogP contribution in [-0.2, 0) is 12.5 Å². The van der Waals surface area contributed by atoms with Gasteiger partial charge in [-0.15, -0.1) is 0 Å². The van der Waals surface area contributed by atoms with Crippen molar-refractivity contribution in [3.8, 4) is 0 Å². The molecule has 3 nitrogen and oxygen atoms in total. The van der Waals surface area contributed by atoms with Crippen LogP contribution in [0, 0.1) is 0 Å². The molecule has 0 spiro atoms. The first kappa shape index (κ1) is 10.9. The summed E-state index contributed by atoms with van der Waals surface area (Å²) in [6.07, 6.45) is 3.93. The third-order valence-electron chi connectivity index (χ3n) is 2.80. The van der Waals surface area contributed by atoms with Crippen molar-refractivity contribution in [3.05, 3.63) is 46.6 Å². The largest absolute Gasteiger partial charge is 0.323 e. The molecule has 2 rings (SSSR count). The lowest BCUT2D eigenvalue weighted by molar-refractivity contribution is -0.514. The molecule has 84 valence electrons.